The van der Waals surface area contributed by atoms with Crippen molar-refractivity contribution in [1.82, 2.24) is 15.2 Å². The van der Waals surface area contributed by atoms with Crippen LogP contribution in [-0.4, -0.2) is 34.9 Å². The monoisotopic (exact) mass is 385 g/mol. The highest BCUT2D eigenvalue weighted by molar-refractivity contribution is 5.94. The summed E-state index contributed by atoms with van der Waals surface area (Å²) in [5.74, 6) is -0.00305. The maximum absolute atomic E-state index is 12.3. The van der Waals surface area contributed by atoms with Crippen molar-refractivity contribution < 1.29 is 4.79 Å². The van der Waals surface area contributed by atoms with Gasteiger partial charge in [-0.2, -0.15) is 0 Å². The molecular formula is C25H27N3O. The predicted octanol–water partition coefficient (Wildman–Crippen LogP) is 4.45. The highest BCUT2D eigenvalue weighted by Gasteiger charge is 2.21. The molecule has 2 heterocycles. The molecule has 4 heteroatoms. The Balaban J connectivity index is 1.32. The Morgan fingerprint density at radius 3 is 2.41 bits per heavy atom. The summed E-state index contributed by atoms with van der Waals surface area (Å²) in [5, 5.41) is 3.16. The summed E-state index contributed by atoms with van der Waals surface area (Å²) in [7, 11) is 0. The quantitative estimate of drug-likeness (QED) is 0.706. The minimum atomic E-state index is -0.00305. The van der Waals surface area contributed by atoms with Crippen LogP contribution in [0, 0.1) is 6.92 Å². The zero-order chi connectivity index (χ0) is 20.1. The van der Waals surface area contributed by atoms with Crippen LogP contribution < -0.4 is 5.32 Å². The number of carbonyl (C=O) groups excluding carboxylic acids is 1. The smallest absolute Gasteiger partial charge is 0.251 e. The molecule has 4 rings (SSSR count). The molecule has 0 unspecified atom stereocenters. The van der Waals surface area contributed by atoms with Crippen molar-refractivity contribution in [1.29, 1.82) is 0 Å². The molecule has 148 valence electrons. The second kappa shape index (κ2) is 9.01. The number of hydrogen-bond acceptors (Lipinski definition) is 3. The van der Waals surface area contributed by atoms with E-state index < -0.39 is 0 Å². The molecule has 0 radical (unpaired) electrons. The lowest BCUT2D eigenvalue weighted by Gasteiger charge is -2.32. The second-order valence-corrected chi connectivity index (χ2v) is 7.83. The molecule has 0 spiro atoms. The first-order valence-electron chi connectivity index (χ1n) is 10.3. The number of nitrogens with one attached hydrogen (secondary N) is 1. The van der Waals surface area contributed by atoms with Gasteiger partial charge in [-0.3, -0.25) is 14.7 Å². The molecule has 0 bridgehead atoms. The van der Waals surface area contributed by atoms with E-state index in [2.05, 4.69) is 70.7 Å². The van der Waals surface area contributed by atoms with Gasteiger partial charge in [0.15, 0.2) is 0 Å². The number of piperidine rings is 1. The molecule has 4 nitrogen and oxygen atoms in total. The normalized spacial score (nSPS) is 15.2. The fourth-order valence-electron chi connectivity index (χ4n) is 3.94. The molecule has 2 aromatic carbocycles. The van der Waals surface area contributed by atoms with Crippen LogP contribution in [0.15, 0.2) is 73.1 Å². The van der Waals surface area contributed by atoms with E-state index in [1.807, 2.05) is 0 Å². The molecule has 29 heavy (non-hydrogen) atoms. The van der Waals surface area contributed by atoms with Gasteiger partial charge in [0.1, 0.15) is 0 Å². The summed E-state index contributed by atoms with van der Waals surface area (Å²) in [5.41, 5.74) is 5.83. The third-order valence-corrected chi connectivity index (χ3v) is 5.55. The highest BCUT2D eigenvalue weighted by atomic mass is 16.1. The van der Waals surface area contributed by atoms with E-state index in [4.69, 9.17) is 0 Å². The highest BCUT2D eigenvalue weighted by Crippen LogP contribution is 2.23. The van der Waals surface area contributed by atoms with Gasteiger partial charge in [0, 0.05) is 43.6 Å². The molecule has 1 aliphatic rings. The predicted molar refractivity (Wildman–Crippen MR) is 117 cm³/mol. The van der Waals surface area contributed by atoms with Gasteiger partial charge in [-0.05, 0) is 54.7 Å². The van der Waals surface area contributed by atoms with Gasteiger partial charge in [-0.25, -0.2) is 0 Å². The van der Waals surface area contributed by atoms with Crippen LogP contribution in [0.1, 0.15) is 34.3 Å². The van der Waals surface area contributed by atoms with Crippen molar-refractivity contribution in [2.75, 3.05) is 13.1 Å². The molecule has 1 fully saturated rings. The number of rotatable bonds is 5. The number of pyridine rings is 1. The minimum absolute atomic E-state index is 0.00305. The van der Waals surface area contributed by atoms with Gasteiger partial charge >= 0.3 is 0 Å². The Morgan fingerprint density at radius 1 is 1.00 bits per heavy atom. The van der Waals surface area contributed by atoms with Gasteiger partial charge in [0.2, 0.25) is 0 Å². The lowest BCUT2D eigenvalue weighted by Crippen LogP contribution is -2.44. The van der Waals surface area contributed by atoms with E-state index in [9.17, 15) is 4.79 Å². The molecular weight excluding hydrogens is 358 g/mol. The SMILES string of the molecule is Cc1cccc(-c2cccc(CN3CCC(NC(=O)c4ccncc4)CC3)c2)c1. The zero-order valence-electron chi connectivity index (χ0n) is 16.8. The first kappa shape index (κ1) is 19.3. The number of likely N-dealkylation sites (tertiary alicyclic amines) is 1. The number of aryl methyl sites for hydroxylation is 1. The van der Waals surface area contributed by atoms with Gasteiger partial charge in [0.25, 0.3) is 5.91 Å². The average molecular weight is 386 g/mol. The molecule has 1 amide bonds. The number of hydrogen-bond donors (Lipinski definition) is 1. The van der Waals surface area contributed by atoms with Gasteiger partial charge in [-0.1, -0.05) is 48.0 Å². The number of benzene rings is 2. The molecule has 1 N–H and O–H groups in total. The number of aromatic nitrogens is 1. The summed E-state index contributed by atoms with van der Waals surface area (Å²) in [4.78, 5) is 18.8. The maximum atomic E-state index is 12.3. The Morgan fingerprint density at radius 2 is 1.69 bits per heavy atom. The van der Waals surface area contributed by atoms with Crippen molar-refractivity contribution >= 4 is 5.91 Å². The molecule has 1 saturated heterocycles. The fourth-order valence-corrected chi connectivity index (χ4v) is 3.94. The summed E-state index contributed by atoms with van der Waals surface area (Å²) in [6.07, 6.45) is 5.27. The first-order chi connectivity index (χ1) is 14.2. The molecule has 0 aliphatic carbocycles. The number of amides is 1. The lowest BCUT2D eigenvalue weighted by atomic mass is 10.00. The van der Waals surface area contributed by atoms with Crippen LogP contribution in [0.25, 0.3) is 11.1 Å². The van der Waals surface area contributed by atoms with Crippen LogP contribution in [-0.2, 0) is 6.54 Å². The number of carbonyl (C=O) groups is 1. The van der Waals surface area contributed by atoms with Crippen molar-refractivity contribution in [3.63, 3.8) is 0 Å². The van der Waals surface area contributed by atoms with Crippen LogP contribution in [0.5, 0.6) is 0 Å². The van der Waals surface area contributed by atoms with Crippen molar-refractivity contribution in [3.8, 4) is 11.1 Å². The minimum Gasteiger partial charge on any atom is -0.349 e. The lowest BCUT2D eigenvalue weighted by molar-refractivity contribution is 0.0909. The first-order valence-corrected chi connectivity index (χ1v) is 10.3. The van der Waals surface area contributed by atoms with Crippen molar-refractivity contribution in [2.45, 2.75) is 32.4 Å². The second-order valence-electron chi connectivity index (χ2n) is 7.83. The summed E-state index contributed by atoms with van der Waals surface area (Å²) < 4.78 is 0. The van der Waals surface area contributed by atoms with E-state index in [1.54, 1.807) is 24.5 Å². The number of nitrogens with zero attached hydrogens (tertiary/aromatic N) is 2. The van der Waals surface area contributed by atoms with Crippen LogP contribution in [0.3, 0.4) is 0 Å². The Bertz CT molecular complexity index is 963. The zero-order valence-corrected chi connectivity index (χ0v) is 16.8. The topological polar surface area (TPSA) is 45.2 Å². The van der Waals surface area contributed by atoms with Crippen LogP contribution in [0.4, 0.5) is 0 Å². The molecule has 3 aromatic rings. The Hall–Kier alpha value is -2.98. The van der Waals surface area contributed by atoms with Crippen molar-refractivity contribution in [2.24, 2.45) is 0 Å². The maximum Gasteiger partial charge on any atom is 0.251 e. The molecule has 0 atom stereocenters. The summed E-state index contributed by atoms with van der Waals surface area (Å²) in [6, 6.07) is 21.2. The van der Waals surface area contributed by atoms with Gasteiger partial charge < -0.3 is 5.32 Å². The van der Waals surface area contributed by atoms with Crippen LogP contribution >= 0.6 is 0 Å². The third kappa shape index (κ3) is 5.09. The molecule has 0 saturated carbocycles. The Labute approximate surface area is 172 Å². The van der Waals surface area contributed by atoms with E-state index >= 15 is 0 Å². The van der Waals surface area contributed by atoms with Gasteiger partial charge in [0.05, 0.1) is 0 Å². The largest absolute Gasteiger partial charge is 0.349 e. The standard InChI is InChI=1S/C25H27N3O/c1-19-4-2-6-22(16-19)23-7-3-5-20(17-23)18-28-14-10-24(11-15-28)27-25(29)21-8-12-26-13-9-21/h2-9,12-13,16-17,24H,10-11,14-15,18H2,1H3,(H,27,29). The molecule has 1 aromatic heterocycles. The third-order valence-electron chi connectivity index (χ3n) is 5.55. The van der Waals surface area contributed by atoms with E-state index in [0.717, 1.165) is 32.5 Å². The van der Waals surface area contributed by atoms with E-state index in [1.165, 1.54) is 22.3 Å². The average Bonchev–Trinajstić information content (AvgIpc) is 2.76. The van der Waals surface area contributed by atoms with Gasteiger partial charge in [-0.15, -0.1) is 0 Å². The molecule has 1 aliphatic heterocycles. The summed E-state index contributed by atoms with van der Waals surface area (Å²) >= 11 is 0. The fraction of sp³-hybridized carbons (Fsp3) is 0.280. The van der Waals surface area contributed by atoms with Crippen molar-refractivity contribution in [3.05, 3.63) is 89.7 Å². The van der Waals surface area contributed by atoms with Crippen LogP contribution in [0.2, 0.25) is 0 Å². The summed E-state index contributed by atoms with van der Waals surface area (Å²) in [6.45, 7) is 5.07. The van der Waals surface area contributed by atoms with E-state index in [0.29, 0.717) is 5.56 Å². The van der Waals surface area contributed by atoms with E-state index in [-0.39, 0.29) is 11.9 Å². The Kier molecular flexibility index (Phi) is 6.01.